The van der Waals surface area contributed by atoms with Crippen molar-refractivity contribution in [2.24, 2.45) is 0 Å². The van der Waals surface area contributed by atoms with Gasteiger partial charge in [0, 0.05) is 18.7 Å². The zero-order valence-corrected chi connectivity index (χ0v) is 10.6. The molecule has 0 saturated heterocycles. The van der Waals surface area contributed by atoms with Crippen LogP contribution < -0.4 is 0 Å². The molecule has 0 spiro atoms. The second-order valence-corrected chi connectivity index (χ2v) is 4.56. The zero-order valence-electron chi connectivity index (χ0n) is 10.6. The van der Waals surface area contributed by atoms with Gasteiger partial charge in [0.2, 0.25) is 0 Å². The van der Waals surface area contributed by atoms with E-state index in [2.05, 4.69) is 0 Å². The van der Waals surface area contributed by atoms with E-state index in [1.54, 1.807) is 14.0 Å². The molecule has 0 saturated carbocycles. The minimum Gasteiger partial charge on any atom is -0.392 e. The van der Waals surface area contributed by atoms with Gasteiger partial charge in [-0.3, -0.25) is 0 Å². The Hall–Kier alpha value is -1.04. The van der Waals surface area contributed by atoms with Gasteiger partial charge in [0.25, 0.3) is 0 Å². The van der Waals surface area contributed by atoms with Gasteiger partial charge in [0.1, 0.15) is 0 Å². The average Bonchev–Trinajstić information content (AvgIpc) is 2.29. The molecular weight excluding hydrogens is 240 g/mol. The lowest BCUT2D eigenvalue weighted by atomic mass is 10.1. The molecule has 5 heteroatoms. The van der Waals surface area contributed by atoms with Crippen LogP contribution in [0.5, 0.6) is 0 Å². The summed E-state index contributed by atoms with van der Waals surface area (Å²) in [5.74, 6) is -1.95. The van der Waals surface area contributed by atoms with Gasteiger partial charge < -0.3 is 15.1 Å². The molecule has 0 aliphatic carbocycles. The fourth-order valence-electron chi connectivity index (χ4n) is 1.82. The Morgan fingerprint density at radius 3 is 2.56 bits per heavy atom. The second-order valence-electron chi connectivity index (χ2n) is 4.56. The summed E-state index contributed by atoms with van der Waals surface area (Å²) in [6.45, 7) is 2.62. The third-order valence-corrected chi connectivity index (χ3v) is 2.70. The van der Waals surface area contributed by atoms with E-state index in [1.165, 1.54) is 12.1 Å². The summed E-state index contributed by atoms with van der Waals surface area (Å²) in [7, 11) is 1.79. The van der Waals surface area contributed by atoms with Gasteiger partial charge in [0.15, 0.2) is 11.6 Å². The van der Waals surface area contributed by atoms with Crippen molar-refractivity contribution >= 4 is 0 Å². The lowest BCUT2D eigenvalue weighted by Crippen LogP contribution is -2.29. The molecule has 2 N–H and O–H groups in total. The third-order valence-electron chi connectivity index (χ3n) is 2.70. The van der Waals surface area contributed by atoms with E-state index in [-0.39, 0.29) is 12.0 Å². The van der Waals surface area contributed by atoms with Gasteiger partial charge in [-0.15, -0.1) is 0 Å². The molecule has 0 aromatic heterocycles. The zero-order chi connectivity index (χ0) is 13.7. The summed E-state index contributed by atoms with van der Waals surface area (Å²) in [6.07, 6.45) is -1.22. The van der Waals surface area contributed by atoms with E-state index in [9.17, 15) is 19.0 Å². The van der Waals surface area contributed by atoms with Gasteiger partial charge in [-0.2, -0.15) is 0 Å². The van der Waals surface area contributed by atoms with Crippen molar-refractivity contribution in [1.82, 2.24) is 4.90 Å². The Morgan fingerprint density at radius 2 is 1.94 bits per heavy atom. The molecule has 0 amide bonds. The van der Waals surface area contributed by atoms with E-state index in [0.29, 0.717) is 13.1 Å². The van der Waals surface area contributed by atoms with E-state index in [1.807, 2.05) is 4.90 Å². The Balaban J connectivity index is 2.55. The monoisotopic (exact) mass is 259 g/mol. The molecule has 102 valence electrons. The maximum absolute atomic E-state index is 13.4. The van der Waals surface area contributed by atoms with Crippen molar-refractivity contribution in [2.45, 2.75) is 25.6 Å². The minimum absolute atomic E-state index is 0.0274. The molecule has 0 heterocycles. The first-order chi connectivity index (χ1) is 8.41. The fourth-order valence-corrected chi connectivity index (χ4v) is 1.82. The summed E-state index contributed by atoms with van der Waals surface area (Å²) < 4.78 is 26.4. The molecule has 2 unspecified atom stereocenters. The van der Waals surface area contributed by atoms with Crippen LogP contribution in [0.2, 0.25) is 0 Å². The van der Waals surface area contributed by atoms with Crippen molar-refractivity contribution in [2.75, 3.05) is 20.1 Å². The third kappa shape index (κ3) is 4.33. The predicted octanol–water partition coefficient (Wildman–Crippen LogP) is 1.70. The van der Waals surface area contributed by atoms with Crippen LogP contribution in [0, 0.1) is 11.6 Å². The number of aliphatic hydroxyl groups is 2. The van der Waals surface area contributed by atoms with Crippen LogP contribution in [0.4, 0.5) is 8.78 Å². The van der Waals surface area contributed by atoms with Crippen molar-refractivity contribution in [3.63, 3.8) is 0 Å². The van der Waals surface area contributed by atoms with Gasteiger partial charge in [-0.1, -0.05) is 12.1 Å². The normalized spacial score (nSPS) is 14.8. The van der Waals surface area contributed by atoms with Gasteiger partial charge in [0.05, 0.1) is 12.2 Å². The number of nitrogens with zero attached hydrogens (tertiary/aromatic N) is 1. The van der Waals surface area contributed by atoms with Crippen molar-refractivity contribution in [3.8, 4) is 0 Å². The largest absolute Gasteiger partial charge is 0.392 e. The number of benzene rings is 1. The summed E-state index contributed by atoms with van der Waals surface area (Å²) >= 11 is 0. The van der Waals surface area contributed by atoms with Crippen LogP contribution in [-0.4, -0.2) is 41.4 Å². The summed E-state index contributed by atoms with van der Waals surface area (Å²) in [6, 6.07) is 3.76. The van der Waals surface area contributed by atoms with Gasteiger partial charge >= 0.3 is 0 Å². The SMILES string of the molecule is CC(O)CN(C)CCC(O)c1cccc(F)c1F. The first-order valence-corrected chi connectivity index (χ1v) is 5.90. The van der Waals surface area contributed by atoms with Gasteiger partial charge in [-0.25, -0.2) is 8.78 Å². The molecule has 0 radical (unpaired) electrons. The van der Waals surface area contributed by atoms with Crippen LogP contribution in [0.1, 0.15) is 25.0 Å². The average molecular weight is 259 g/mol. The highest BCUT2D eigenvalue weighted by molar-refractivity contribution is 5.21. The molecule has 0 bridgehead atoms. The van der Waals surface area contributed by atoms with Crippen LogP contribution in [-0.2, 0) is 0 Å². The van der Waals surface area contributed by atoms with E-state index >= 15 is 0 Å². The Morgan fingerprint density at radius 1 is 1.28 bits per heavy atom. The number of rotatable bonds is 6. The highest BCUT2D eigenvalue weighted by Crippen LogP contribution is 2.21. The Kier molecular flexibility index (Phi) is 5.65. The van der Waals surface area contributed by atoms with Crippen molar-refractivity contribution in [3.05, 3.63) is 35.4 Å². The first-order valence-electron chi connectivity index (χ1n) is 5.90. The topological polar surface area (TPSA) is 43.7 Å². The summed E-state index contributed by atoms with van der Waals surface area (Å²) in [5.41, 5.74) is -0.0274. The number of hydrogen-bond acceptors (Lipinski definition) is 3. The molecule has 0 aliphatic rings. The fraction of sp³-hybridized carbons (Fsp3) is 0.538. The molecule has 0 aliphatic heterocycles. The standard InChI is InChI=1S/C13H19F2NO2/c1-9(17)8-16(2)7-6-12(18)10-4-3-5-11(14)13(10)15/h3-5,9,12,17-18H,6-8H2,1-2H3. The van der Waals surface area contributed by atoms with Crippen LogP contribution >= 0.6 is 0 Å². The summed E-state index contributed by atoms with van der Waals surface area (Å²) in [5, 5.41) is 19.0. The number of hydrogen-bond donors (Lipinski definition) is 2. The Bertz CT molecular complexity index is 385. The number of likely N-dealkylation sites (N-methyl/N-ethyl adjacent to an activating group) is 1. The van der Waals surface area contributed by atoms with Crippen LogP contribution in [0.15, 0.2) is 18.2 Å². The van der Waals surface area contributed by atoms with Crippen LogP contribution in [0.25, 0.3) is 0 Å². The lowest BCUT2D eigenvalue weighted by Gasteiger charge is -2.20. The molecule has 1 rings (SSSR count). The Labute approximate surface area is 106 Å². The quantitative estimate of drug-likeness (QED) is 0.817. The van der Waals surface area contributed by atoms with E-state index in [0.717, 1.165) is 6.07 Å². The predicted molar refractivity (Wildman–Crippen MR) is 65.1 cm³/mol. The molecule has 18 heavy (non-hydrogen) atoms. The molecule has 1 aromatic carbocycles. The van der Waals surface area contributed by atoms with Crippen molar-refractivity contribution < 1.29 is 19.0 Å². The highest BCUT2D eigenvalue weighted by atomic mass is 19.2. The maximum Gasteiger partial charge on any atom is 0.164 e. The van der Waals surface area contributed by atoms with Crippen molar-refractivity contribution in [1.29, 1.82) is 0 Å². The maximum atomic E-state index is 13.4. The minimum atomic E-state index is -1.04. The molecule has 3 nitrogen and oxygen atoms in total. The molecule has 2 atom stereocenters. The van der Waals surface area contributed by atoms with Gasteiger partial charge in [-0.05, 0) is 26.5 Å². The number of aliphatic hydroxyl groups excluding tert-OH is 2. The summed E-state index contributed by atoms with van der Waals surface area (Å²) in [4.78, 5) is 1.82. The molecule has 0 fully saturated rings. The highest BCUT2D eigenvalue weighted by Gasteiger charge is 2.16. The lowest BCUT2D eigenvalue weighted by molar-refractivity contribution is 0.114. The van der Waals surface area contributed by atoms with E-state index < -0.39 is 23.8 Å². The first kappa shape index (κ1) is 15.0. The second kappa shape index (κ2) is 6.78. The smallest absolute Gasteiger partial charge is 0.164 e. The van der Waals surface area contributed by atoms with Crippen LogP contribution in [0.3, 0.4) is 0 Å². The number of halogens is 2. The molecular formula is C13H19F2NO2. The molecule has 1 aromatic rings. The van der Waals surface area contributed by atoms with E-state index in [4.69, 9.17) is 0 Å².